The molecule has 2 N–H and O–H groups in total. The van der Waals surface area contributed by atoms with Crippen LogP contribution in [0.15, 0.2) is 10.4 Å². The molecular formula is C18H30F3IN4OS. The standard InChI is InChI=1S/C18H29F3N4OS.HI/c1-3-26-11-9-17(7-4-5-8-17)13-24-16(22-2)23-10-6-15-25-14(12-27-15)18(19,20)21;/h12H,3-11,13H2,1-2H3,(H2,22,23,24);1H. The van der Waals surface area contributed by atoms with Crippen LogP contribution in [0.4, 0.5) is 13.2 Å². The lowest BCUT2D eigenvalue weighted by Gasteiger charge is -2.30. The number of hydrogen-bond acceptors (Lipinski definition) is 4. The van der Waals surface area contributed by atoms with Gasteiger partial charge in [0.05, 0.1) is 5.01 Å². The molecular weight excluding hydrogens is 504 g/mol. The summed E-state index contributed by atoms with van der Waals surface area (Å²) in [4.78, 5) is 7.86. The molecule has 0 aromatic carbocycles. The highest BCUT2D eigenvalue weighted by atomic mass is 127. The predicted octanol–water partition coefficient (Wildman–Crippen LogP) is 4.47. The molecule has 1 aromatic rings. The first-order valence-corrected chi connectivity index (χ1v) is 10.3. The topological polar surface area (TPSA) is 58.5 Å². The molecule has 0 bridgehead atoms. The first-order valence-electron chi connectivity index (χ1n) is 9.42. The minimum Gasteiger partial charge on any atom is -0.382 e. The van der Waals surface area contributed by atoms with Crippen LogP contribution in [0.1, 0.15) is 49.7 Å². The van der Waals surface area contributed by atoms with E-state index in [0.29, 0.717) is 23.9 Å². The quantitative estimate of drug-likeness (QED) is 0.213. The summed E-state index contributed by atoms with van der Waals surface area (Å²) in [5.41, 5.74) is -0.577. The zero-order valence-electron chi connectivity index (χ0n) is 16.4. The summed E-state index contributed by atoms with van der Waals surface area (Å²) in [6, 6.07) is 0. The number of rotatable bonds is 9. The highest BCUT2D eigenvalue weighted by Crippen LogP contribution is 2.40. The van der Waals surface area contributed by atoms with Gasteiger partial charge in [-0.3, -0.25) is 4.99 Å². The van der Waals surface area contributed by atoms with Crippen LogP contribution in [0.5, 0.6) is 0 Å². The summed E-state index contributed by atoms with van der Waals surface area (Å²) >= 11 is 1.03. The number of halogens is 4. The van der Waals surface area contributed by atoms with E-state index in [1.807, 2.05) is 6.92 Å². The number of ether oxygens (including phenoxy) is 1. The number of aliphatic imine (C=N–C) groups is 1. The molecule has 0 amide bonds. The van der Waals surface area contributed by atoms with Crippen molar-refractivity contribution in [1.82, 2.24) is 15.6 Å². The molecule has 5 nitrogen and oxygen atoms in total. The second kappa shape index (κ2) is 12.2. The molecule has 0 aliphatic heterocycles. The van der Waals surface area contributed by atoms with Crippen molar-refractivity contribution in [3.05, 3.63) is 16.1 Å². The fraction of sp³-hybridized carbons (Fsp3) is 0.778. The molecule has 0 spiro atoms. The third-order valence-electron chi connectivity index (χ3n) is 4.97. The molecule has 1 heterocycles. The van der Waals surface area contributed by atoms with Gasteiger partial charge in [-0.25, -0.2) is 4.98 Å². The zero-order valence-corrected chi connectivity index (χ0v) is 19.5. The van der Waals surface area contributed by atoms with Crippen molar-refractivity contribution >= 4 is 41.3 Å². The Morgan fingerprint density at radius 3 is 2.61 bits per heavy atom. The maximum atomic E-state index is 12.6. The summed E-state index contributed by atoms with van der Waals surface area (Å²) in [5.74, 6) is 0.672. The maximum Gasteiger partial charge on any atom is 0.434 e. The predicted molar refractivity (Wildman–Crippen MR) is 118 cm³/mol. The highest BCUT2D eigenvalue weighted by Gasteiger charge is 2.34. The third kappa shape index (κ3) is 8.02. The van der Waals surface area contributed by atoms with Crippen LogP contribution >= 0.6 is 35.3 Å². The Labute approximate surface area is 186 Å². The largest absolute Gasteiger partial charge is 0.434 e. The van der Waals surface area contributed by atoms with Crippen LogP contribution < -0.4 is 10.6 Å². The van der Waals surface area contributed by atoms with E-state index in [-0.39, 0.29) is 29.4 Å². The lowest BCUT2D eigenvalue weighted by atomic mass is 9.83. The Balaban J connectivity index is 0.00000392. The maximum absolute atomic E-state index is 12.6. The number of nitrogens with zero attached hydrogens (tertiary/aromatic N) is 2. The van der Waals surface area contributed by atoms with Gasteiger partial charge in [0.25, 0.3) is 0 Å². The molecule has 1 aromatic heterocycles. The summed E-state index contributed by atoms with van der Waals surface area (Å²) in [7, 11) is 1.70. The van der Waals surface area contributed by atoms with E-state index in [1.165, 1.54) is 25.7 Å². The van der Waals surface area contributed by atoms with Gasteiger partial charge in [-0.2, -0.15) is 13.2 Å². The van der Waals surface area contributed by atoms with Crippen molar-refractivity contribution in [3.63, 3.8) is 0 Å². The van der Waals surface area contributed by atoms with Crippen molar-refractivity contribution < 1.29 is 17.9 Å². The number of thiazole rings is 1. The smallest absolute Gasteiger partial charge is 0.382 e. The minimum atomic E-state index is -4.38. The van der Waals surface area contributed by atoms with E-state index in [2.05, 4.69) is 20.6 Å². The number of guanidine groups is 1. The van der Waals surface area contributed by atoms with Crippen molar-refractivity contribution in [3.8, 4) is 0 Å². The summed E-state index contributed by atoms with van der Waals surface area (Å²) in [6.07, 6.45) is 1.93. The molecule has 2 rings (SSSR count). The van der Waals surface area contributed by atoms with E-state index >= 15 is 0 Å². The Morgan fingerprint density at radius 1 is 1.32 bits per heavy atom. The molecule has 0 radical (unpaired) electrons. The van der Waals surface area contributed by atoms with Crippen molar-refractivity contribution in [2.24, 2.45) is 10.4 Å². The van der Waals surface area contributed by atoms with Gasteiger partial charge in [0.1, 0.15) is 0 Å². The lowest BCUT2D eigenvalue weighted by molar-refractivity contribution is -0.140. The van der Waals surface area contributed by atoms with Crippen molar-refractivity contribution in [2.75, 3.05) is 33.4 Å². The average molecular weight is 534 g/mol. The molecule has 0 saturated heterocycles. The Bertz CT molecular complexity index is 604. The Hall–Kier alpha value is -0.620. The first kappa shape index (κ1) is 25.4. The van der Waals surface area contributed by atoms with Gasteiger partial charge >= 0.3 is 6.18 Å². The fourth-order valence-electron chi connectivity index (χ4n) is 3.41. The van der Waals surface area contributed by atoms with E-state index in [0.717, 1.165) is 42.9 Å². The molecule has 10 heteroatoms. The normalized spacial score (nSPS) is 16.7. The van der Waals surface area contributed by atoms with E-state index in [1.54, 1.807) is 7.05 Å². The van der Waals surface area contributed by atoms with Gasteiger partial charge < -0.3 is 15.4 Å². The van der Waals surface area contributed by atoms with Crippen LogP contribution in [0.2, 0.25) is 0 Å². The summed E-state index contributed by atoms with van der Waals surface area (Å²) in [5, 5.41) is 8.08. The van der Waals surface area contributed by atoms with Gasteiger partial charge in [-0.05, 0) is 31.6 Å². The Morgan fingerprint density at radius 2 is 2.04 bits per heavy atom. The lowest BCUT2D eigenvalue weighted by Crippen LogP contribution is -2.44. The second-order valence-corrected chi connectivity index (χ2v) is 7.82. The van der Waals surface area contributed by atoms with Gasteiger partial charge in [-0.1, -0.05) is 12.8 Å². The second-order valence-electron chi connectivity index (χ2n) is 6.88. The third-order valence-corrected chi connectivity index (χ3v) is 5.88. The van der Waals surface area contributed by atoms with Crippen LogP contribution in [0, 0.1) is 5.41 Å². The summed E-state index contributed by atoms with van der Waals surface area (Å²) in [6.45, 7) is 4.83. The zero-order chi connectivity index (χ0) is 19.8. The van der Waals surface area contributed by atoms with Crippen molar-refractivity contribution in [1.29, 1.82) is 0 Å². The average Bonchev–Trinajstić information content (AvgIpc) is 3.28. The summed E-state index contributed by atoms with van der Waals surface area (Å²) < 4.78 is 43.3. The number of hydrogen-bond donors (Lipinski definition) is 2. The van der Waals surface area contributed by atoms with Crippen LogP contribution in [-0.2, 0) is 17.3 Å². The molecule has 0 unspecified atom stereocenters. The fourth-order valence-corrected chi connectivity index (χ4v) is 4.21. The van der Waals surface area contributed by atoms with E-state index in [9.17, 15) is 13.2 Å². The van der Waals surface area contributed by atoms with Gasteiger partial charge in [-0.15, -0.1) is 35.3 Å². The van der Waals surface area contributed by atoms with Crippen LogP contribution in [0.3, 0.4) is 0 Å². The molecule has 1 aliphatic rings. The number of nitrogens with one attached hydrogen (secondary N) is 2. The molecule has 1 aliphatic carbocycles. The van der Waals surface area contributed by atoms with Crippen molar-refractivity contribution in [2.45, 2.75) is 51.6 Å². The van der Waals surface area contributed by atoms with Gasteiger partial charge in [0.2, 0.25) is 0 Å². The first-order chi connectivity index (χ1) is 12.9. The molecule has 28 heavy (non-hydrogen) atoms. The molecule has 1 fully saturated rings. The van der Waals surface area contributed by atoms with Crippen LogP contribution in [-0.4, -0.2) is 44.3 Å². The molecule has 1 saturated carbocycles. The Kier molecular flexibility index (Phi) is 11.0. The van der Waals surface area contributed by atoms with Gasteiger partial charge in [0, 0.05) is 45.2 Å². The van der Waals surface area contributed by atoms with E-state index in [4.69, 9.17) is 4.74 Å². The van der Waals surface area contributed by atoms with Gasteiger partial charge in [0.15, 0.2) is 11.7 Å². The number of aromatic nitrogens is 1. The number of alkyl halides is 3. The van der Waals surface area contributed by atoms with Crippen LogP contribution in [0.25, 0.3) is 0 Å². The van der Waals surface area contributed by atoms with E-state index < -0.39 is 11.9 Å². The highest BCUT2D eigenvalue weighted by molar-refractivity contribution is 14.0. The molecule has 162 valence electrons. The SMILES string of the molecule is CCOCCC1(CNC(=NC)NCCc2nc(C(F)(F)F)cs2)CCCC1.I. The minimum absolute atomic E-state index is 0. The molecule has 0 atom stereocenters. The monoisotopic (exact) mass is 534 g/mol.